The van der Waals surface area contributed by atoms with E-state index in [4.69, 9.17) is 0 Å². The lowest BCUT2D eigenvalue weighted by molar-refractivity contribution is 0.660. The monoisotopic (exact) mass is 1050 g/mol. The normalized spacial score (nSPS) is 14.2. The van der Waals surface area contributed by atoms with Crippen molar-refractivity contribution in [2.45, 2.75) is 64.2 Å². The van der Waals surface area contributed by atoms with Crippen molar-refractivity contribution in [3.63, 3.8) is 0 Å². The van der Waals surface area contributed by atoms with E-state index in [-0.39, 0.29) is 16.2 Å². The van der Waals surface area contributed by atoms with Crippen LogP contribution in [-0.2, 0) is 22.7 Å². The highest BCUT2D eigenvalue weighted by Crippen LogP contribution is 2.63. The maximum Gasteiger partial charge on any atom is 0.0725 e. The summed E-state index contributed by atoms with van der Waals surface area (Å²) in [7, 11) is 0. The number of hydrogen-bond donors (Lipinski definition) is 0. The quantitative estimate of drug-likeness (QED) is 0.162. The predicted octanol–water partition coefficient (Wildman–Crippen LogP) is 20.6. The van der Waals surface area contributed by atoms with E-state index >= 15 is 0 Å². The summed E-state index contributed by atoms with van der Waals surface area (Å²) in [4.78, 5) is 0. The average molecular weight is 1050 g/mol. The summed E-state index contributed by atoms with van der Waals surface area (Å²) in [5.74, 6) is 0. The van der Waals surface area contributed by atoms with Crippen LogP contribution in [0.2, 0.25) is 0 Å². The molecule has 0 saturated carbocycles. The van der Waals surface area contributed by atoms with Gasteiger partial charge in [-0.3, -0.25) is 0 Å². The molecule has 0 saturated heterocycles. The third-order valence-corrected chi connectivity index (χ3v) is 18.5. The predicted molar refractivity (Wildman–Crippen MR) is 344 cm³/mol. The molecule has 17 rings (SSSR count). The zero-order chi connectivity index (χ0) is 55.7. The van der Waals surface area contributed by atoms with Crippen molar-refractivity contribution in [1.82, 2.24) is 0 Å². The third kappa shape index (κ3) is 7.87. The van der Waals surface area contributed by atoms with Gasteiger partial charge >= 0.3 is 0 Å². The molecule has 0 aromatic heterocycles. The molecule has 0 N–H and O–H groups in total. The van der Waals surface area contributed by atoms with Crippen LogP contribution in [0.15, 0.2) is 279 Å². The lowest BCUT2D eigenvalue weighted by Gasteiger charge is -2.34. The van der Waals surface area contributed by atoms with Gasteiger partial charge in [-0.05, 0) is 157 Å². The van der Waals surface area contributed by atoms with Gasteiger partial charge < -0.3 is 0 Å². The van der Waals surface area contributed by atoms with E-state index in [2.05, 4.69) is 321 Å². The van der Waals surface area contributed by atoms with Crippen LogP contribution in [-0.4, -0.2) is 0 Å². The minimum Gasteiger partial charge on any atom is -0.0622 e. The minimum atomic E-state index is -0.263. The minimum absolute atomic E-state index is 0.151. The van der Waals surface area contributed by atoms with E-state index in [1.807, 2.05) is 0 Å². The maximum absolute atomic E-state index is 2.40. The summed E-state index contributed by atoms with van der Waals surface area (Å²) in [6.45, 7) is 13.3. The Morgan fingerprint density at radius 1 is 0.220 bits per heavy atom. The fourth-order valence-corrected chi connectivity index (χ4v) is 14.8. The molecule has 5 aliphatic rings. The summed E-state index contributed by atoms with van der Waals surface area (Å²) in [5.41, 5.74) is 35.8. The van der Waals surface area contributed by atoms with Crippen LogP contribution in [0.25, 0.3) is 55.6 Å². The standard InChI is InChI=1S/C26H18.C26H20.C16H16.C14H12/c1-17-14-15-21-20-10-4-7-13-24(20)26(25(21)16-17)22-11-5-2-8-18(22)19-9-3-6-12-23(19)26;1-19-16-17-23-22-14-8-9-15-24(22)26(25(23)18-19,20-10-4-2-5-11-20)21-12-6-3-7-13-21;1-11-8-9-13-12-6-4-5-7-14(12)16(2,3)15(13)10-11;1-10-6-7-12-9-11-4-2-3-5-13(11)14(12)8-10/h2-16H,1H3;2-18H,1H3;4-10H,1-3H3;2-8H,9H2,1H3. The van der Waals surface area contributed by atoms with Gasteiger partial charge in [0.25, 0.3) is 0 Å². The Bertz CT molecular complexity index is 4230. The second-order valence-corrected chi connectivity index (χ2v) is 23.7. The largest absolute Gasteiger partial charge is 0.0725 e. The van der Waals surface area contributed by atoms with Gasteiger partial charge in [0.05, 0.1) is 10.8 Å². The van der Waals surface area contributed by atoms with Crippen LogP contribution in [0.1, 0.15) is 103 Å². The lowest BCUT2D eigenvalue weighted by atomic mass is 9.67. The van der Waals surface area contributed by atoms with Crippen molar-refractivity contribution in [3.8, 4) is 55.6 Å². The Hall–Kier alpha value is -9.36. The van der Waals surface area contributed by atoms with Gasteiger partial charge in [-0.15, -0.1) is 0 Å². The average Bonchev–Trinajstić information content (AvgIpc) is 2.55. The fraction of sp³-hybridized carbons (Fsp3) is 0.122. The lowest BCUT2D eigenvalue weighted by Crippen LogP contribution is -2.28. The summed E-state index contributed by atoms with van der Waals surface area (Å²) in [6, 6.07) is 102. The Labute approximate surface area is 485 Å². The molecule has 0 amide bonds. The molecule has 0 nitrogen and oxygen atoms in total. The molecule has 0 bridgehead atoms. The van der Waals surface area contributed by atoms with Gasteiger partial charge in [0.2, 0.25) is 0 Å². The maximum atomic E-state index is 2.40. The van der Waals surface area contributed by atoms with E-state index in [0.29, 0.717) is 0 Å². The van der Waals surface area contributed by atoms with Gasteiger partial charge in [-0.25, -0.2) is 0 Å². The molecule has 394 valence electrons. The second kappa shape index (κ2) is 20.0. The number of rotatable bonds is 2. The first-order chi connectivity index (χ1) is 40.1. The number of fused-ring (bicyclic) bond motifs is 19. The fourth-order valence-electron chi connectivity index (χ4n) is 14.8. The van der Waals surface area contributed by atoms with Gasteiger partial charge in [0.1, 0.15) is 0 Å². The van der Waals surface area contributed by atoms with E-state index in [1.165, 1.54) is 145 Å². The molecule has 0 radical (unpaired) electrons. The Kier molecular flexibility index (Phi) is 12.4. The molecule has 12 aromatic rings. The van der Waals surface area contributed by atoms with Crippen molar-refractivity contribution >= 4 is 0 Å². The first kappa shape index (κ1) is 50.8. The molecule has 0 atom stereocenters. The molecule has 0 heteroatoms. The SMILES string of the molecule is Cc1ccc2c(c1)-c1ccccc1C2.Cc1ccc2c(c1)C(C)(C)c1ccccc1-2.Cc1ccc2c(c1)C(c1ccccc1)(c1ccccc1)c1ccccc1-2.Cc1ccc2c(c1)C1(c3ccccc3-c3ccccc31)c1ccccc1-2. The van der Waals surface area contributed by atoms with Crippen LogP contribution >= 0.6 is 0 Å². The van der Waals surface area contributed by atoms with E-state index < -0.39 is 0 Å². The van der Waals surface area contributed by atoms with E-state index in [0.717, 1.165) is 6.42 Å². The van der Waals surface area contributed by atoms with Crippen molar-refractivity contribution < 1.29 is 0 Å². The zero-order valence-electron chi connectivity index (χ0n) is 47.8. The number of benzene rings is 12. The molecule has 0 unspecified atom stereocenters. The third-order valence-electron chi connectivity index (χ3n) is 18.5. The van der Waals surface area contributed by atoms with Crippen LogP contribution in [0.3, 0.4) is 0 Å². The van der Waals surface area contributed by atoms with E-state index in [1.54, 1.807) is 0 Å². The van der Waals surface area contributed by atoms with Crippen molar-refractivity contribution in [2.75, 3.05) is 0 Å². The molecule has 82 heavy (non-hydrogen) atoms. The molecule has 0 aliphatic heterocycles. The van der Waals surface area contributed by atoms with Crippen LogP contribution in [0.4, 0.5) is 0 Å². The molecule has 0 heterocycles. The van der Waals surface area contributed by atoms with Gasteiger partial charge in [0, 0.05) is 5.41 Å². The van der Waals surface area contributed by atoms with Crippen molar-refractivity contribution in [2.24, 2.45) is 0 Å². The smallest absolute Gasteiger partial charge is 0.0622 e. The number of hydrogen-bond acceptors (Lipinski definition) is 0. The first-order valence-electron chi connectivity index (χ1n) is 29.2. The van der Waals surface area contributed by atoms with Crippen LogP contribution in [0.5, 0.6) is 0 Å². The Morgan fingerprint density at radius 3 is 1.00 bits per heavy atom. The molecular weight excluding hydrogens is 985 g/mol. The molecule has 0 fully saturated rings. The second-order valence-electron chi connectivity index (χ2n) is 23.7. The van der Waals surface area contributed by atoms with Gasteiger partial charge in [-0.2, -0.15) is 0 Å². The van der Waals surface area contributed by atoms with E-state index in [9.17, 15) is 0 Å². The van der Waals surface area contributed by atoms with Crippen molar-refractivity contribution in [3.05, 3.63) is 368 Å². The van der Waals surface area contributed by atoms with Gasteiger partial charge in [0.15, 0.2) is 0 Å². The molecule has 12 aromatic carbocycles. The highest BCUT2D eigenvalue weighted by atomic mass is 14.5. The summed E-state index contributed by atoms with van der Waals surface area (Å²) in [5, 5.41) is 0. The summed E-state index contributed by atoms with van der Waals surface area (Å²) in [6.07, 6.45) is 1.10. The Balaban J connectivity index is 0.000000101. The highest BCUT2D eigenvalue weighted by Gasteiger charge is 2.51. The molecular formula is C82H66. The first-order valence-corrected chi connectivity index (χ1v) is 29.2. The van der Waals surface area contributed by atoms with Crippen molar-refractivity contribution in [1.29, 1.82) is 0 Å². The van der Waals surface area contributed by atoms with Crippen LogP contribution < -0.4 is 0 Å². The molecule has 1 spiro atoms. The highest BCUT2D eigenvalue weighted by molar-refractivity contribution is 5.95. The summed E-state index contributed by atoms with van der Waals surface area (Å²) < 4.78 is 0. The van der Waals surface area contributed by atoms with Gasteiger partial charge in [-0.1, -0.05) is 315 Å². The molecule has 5 aliphatic carbocycles. The van der Waals surface area contributed by atoms with Crippen LogP contribution in [0, 0.1) is 27.7 Å². The summed E-state index contributed by atoms with van der Waals surface area (Å²) >= 11 is 0. The number of aryl methyl sites for hydroxylation is 4. The Morgan fingerprint density at radius 2 is 0.524 bits per heavy atom. The zero-order valence-corrected chi connectivity index (χ0v) is 47.8. The topological polar surface area (TPSA) is 0 Å².